The average molecular weight is 324 g/mol. The van der Waals surface area contributed by atoms with Crippen LogP contribution in [0, 0.1) is 12.8 Å². The molecule has 102 valence electrons. The number of carboxylic acids is 1. The van der Waals surface area contributed by atoms with Crippen molar-refractivity contribution in [3.05, 3.63) is 28.2 Å². The van der Waals surface area contributed by atoms with Crippen molar-refractivity contribution in [3.8, 4) is 0 Å². The minimum atomic E-state index is -0.623. The number of rotatable bonds is 2. The van der Waals surface area contributed by atoms with E-state index in [4.69, 9.17) is 0 Å². The summed E-state index contributed by atoms with van der Waals surface area (Å²) in [6.07, 6.45) is 3.83. The van der Waals surface area contributed by atoms with Crippen LogP contribution in [0.2, 0.25) is 0 Å². The van der Waals surface area contributed by atoms with Crippen molar-refractivity contribution in [1.82, 2.24) is 0 Å². The molecule has 2 aliphatic heterocycles. The van der Waals surface area contributed by atoms with Gasteiger partial charge in [0.25, 0.3) is 0 Å². The standard InChI is InChI=1S/C15H18BrNO2/c1-9-2-3-13(8-14(9)16)17-11-4-5-12(17)7-10(6-11)15(18)19/h2-3,8,10-12H,4-7H2,1H3,(H,18,19). The Morgan fingerprint density at radius 2 is 1.95 bits per heavy atom. The number of fused-ring (bicyclic) bond motifs is 2. The first kappa shape index (κ1) is 13.0. The highest BCUT2D eigenvalue weighted by Gasteiger charge is 2.43. The van der Waals surface area contributed by atoms with Crippen LogP contribution in [-0.4, -0.2) is 23.2 Å². The zero-order valence-corrected chi connectivity index (χ0v) is 12.6. The number of hydrogen-bond donors (Lipinski definition) is 1. The van der Waals surface area contributed by atoms with E-state index < -0.39 is 5.97 Å². The Balaban J connectivity index is 1.87. The molecule has 3 nitrogen and oxygen atoms in total. The van der Waals surface area contributed by atoms with E-state index in [2.05, 4.69) is 46.0 Å². The second kappa shape index (κ2) is 4.82. The number of anilines is 1. The topological polar surface area (TPSA) is 40.5 Å². The smallest absolute Gasteiger partial charge is 0.306 e. The van der Waals surface area contributed by atoms with E-state index in [1.165, 1.54) is 11.3 Å². The lowest BCUT2D eigenvalue weighted by atomic mass is 9.90. The predicted octanol–water partition coefficient (Wildman–Crippen LogP) is 3.59. The normalized spacial score (nSPS) is 29.6. The van der Waals surface area contributed by atoms with Gasteiger partial charge in [0.15, 0.2) is 0 Å². The molecule has 3 rings (SSSR count). The predicted molar refractivity (Wildman–Crippen MR) is 78.5 cm³/mol. The maximum Gasteiger partial charge on any atom is 0.306 e. The quantitative estimate of drug-likeness (QED) is 0.904. The molecule has 0 spiro atoms. The van der Waals surface area contributed by atoms with Gasteiger partial charge in [-0.25, -0.2) is 0 Å². The Bertz CT molecular complexity index is 503. The van der Waals surface area contributed by atoms with Gasteiger partial charge >= 0.3 is 5.97 Å². The molecule has 2 atom stereocenters. The van der Waals surface area contributed by atoms with Crippen LogP contribution in [0.25, 0.3) is 0 Å². The van der Waals surface area contributed by atoms with Crippen LogP contribution in [0.5, 0.6) is 0 Å². The Morgan fingerprint density at radius 3 is 2.47 bits per heavy atom. The fourth-order valence-corrected chi connectivity index (χ4v) is 3.91. The molecule has 2 unspecified atom stereocenters. The molecule has 2 fully saturated rings. The first-order chi connectivity index (χ1) is 9.06. The van der Waals surface area contributed by atoms with E-state index >= 15 is 0 Å². The number of halogens is 1. The summed E-state index contributed by atoms with van der Waals surface area (Å²) in [5.41, 5.74) is 2.46. The van der Waals surface area contributed by atoms with Gasteiger partial charge in [0.05, 0.1) is 5.92 Å². The lowest BCUT2D eigenvalue weighted by Gasteiger charge is -2.39. The van der Waals surface area contributed by atoms with Gasteiger partial charge in [0.1, 0.15) is 0 Å². The molecule has 2 bridgehead atoms. The third-order valence-corrected chi connectivity index (χ3v) is 5.39. The van der Waals surface area contributed by atoms with E-state index in [1.807, 2.05) is 0 Å². The summed E-state index contributed by atoms with van der Waals surface area (Å²) in [7, 11) is 0. The molecular formula is C15H18BrNO2. The molecule has 0 saturated carbocycles. The third-order valence-electron chi connectivity index (χ3n) is 4.54. The van der Waals surface area contributed by atoms with Crippen LogP contribution in [0.1, 0.15) is 31.2 Å². The fourth-order valence-electron chi connectivity index (χ4n) is 3.54. The molecule has 0 radical (unpaired) electrons. The molecule has 1 N–H and O–H groups in total. The average Bonchev–Trinajstić information content (AvgIpc) is 2.63. The molecule has 2 saturated heterocycles. The van der Waals surface area contributed by atoms with Gasteiger partial charge in [0, 0.05) is 22.2 Å². The van der Waals surface area contributed by atoms with E-state index in [9.17, 15) is 9.90 Å². The van der Waals surface area contributed by atoms with Crippen LogP contribution < -0.4 is 4.90 Å². The molecule has 4 heteroatoms. The molecule has 0 aliphatic carbocycles. The lowest BCUT2D eigenvalue weighted by Crippen LogP contribution is -2.44. The molecular weight excluding hydrogens is 306 g/mol. The van der Waals surface area contributed by atoms with Gasteiger partial charge < -0.3 is 10.0 Å². The Hall–Kier alpha value is -1.03. The second-order valence-corrected chi connectivity index (χ2v) is 6.59. The summed E-state index contributed by atoms with van der Waals surface area (Å²) in [4.78, 5) is 13.6. The number of hydrogen-bond acceptors (Lipinski definition) is 2. The molecule has 19 heavy (non-hydrogen) atoms. The third kappa shape index (κ3) is 2.27. The highest BCUT2D eigenvalue weighted by molar-refractivity contribution is 9.10. The van der Waals surface area contributed by atoms with Crippen LogP contribution in [0.15, 0.2) is 22.7 Å². The number of carboxylic acid groups (broad SMARTS) is 1. The molecule has 1 aromatic carbocycles. The summed E-state index contributed by atoms with van der Waals surface area (Å²) >= 11 is 3.59. The summed E-state index contributed by atoms with van der Waals surface area (Å²) in [6, 6.07) is 7.25. The molecule has 0 aromatic heterocycles. The minimum Gasteiger partial charge on any atom is -0.481 e. The number of benzene rings is 1. The van der Waals surface area contributed by atoms with Crippen molar-refractivity contribution >= 4 is 27.6 Å². The Labute approximate surface area is 121 Å². The Morgan fingerprint density at radius 1 is 1.32 bits per heavy atom. The first-order valence-electron chi connectivity index (χ1n) is 6.83. The summed E-state index contributed by atoms with van der Waals surface area (Å²) in [6.45, 7) is 2.08. The van der Waals surface area contributed by atoms with Gasteiger partial charge in [0.2, 0.25) is 0 Å². The second-order valence-electron chi connectivity index (χ2n) is 5.73. The van der Waals surface area contributed by atoms with Gasteiger partial charge in [-0.2, -0.15) is 0 Å². The fraction of sp³-hybridized carbons (Fsp3) is 0.533. The molecule has 1 aromatic rings. The maximum atomic E-state index is 11.2. The summed E-state index contributed by atoms with van der Waals surface area (Å²) in [5.74, 6) is -0.774. The van der Waals surface area contributed by atoms with Crippen molar-refractivity contribution < 1.29 is 9.90 Å². The van der Waals surface area contributed by atoms with Gasteiger partial charge in [-0.05, 0) is 50.3 Å². The minimum absolute atomic E-state index is 0.150. The summed E-state index contributed by atoms with van der Waals surface area (Å²) < 4.78 is 1.13. The van der Waals surface area contributed by atoms with Crippen LogP contribution in [-0.2, 0) is 4.79 Å². The van der Waals surface area contributed by atoms with Crippen molar-refractivity contribution in [2.75, 3.05) is 4.90 Å². The monoisotopic (exact) mass is 323 g/mol. The number of aliphatic carboxylic acids is 1. The first-order valence-corrected chi connectivity index (χ1v) is 7.63. The summed E-state index contributed by atoms with van der Waals surface area (Å²) in [5, 5.41) is 9.21. The highest BCUT2D eigenvalue weighted by Crippen LogP contribution is 2.42. The SMILES string of the molecule is Cc1ccc(N2C3CCC2CC(C(=O)O)C3)cc1Br. The molecule has 0 amide bonds. The number of aryl methyl sites for hydroxylation is 1. The van der Waals surface area contributed by atoms with Gasteiger partial charge in [-0.15, -0.1) is 0 Å². The Kier molecular flexibility index (Phi) is 3.29. The van der Waals surface area contributed by atoms with Crippen LogP contribution in [0.4, 0.5) is 5.69 Å². The van der Waals surface area contributed by atoms with Crippen molar-refractivity contribution in [2.24, 2.45) is 5.92 Å². The zero-order valence-electron chi connectivity index (χ0n) is 11.0. The number of nitrogens with zero attached hydrogens (tertiary/aromatic N) is 1. The van der Waals surface area contributed by atoms with E-state index in [1.54, 1.807) is 0 Å². The van der Waals surface area contributed by atoms with E-state index in [0.717, 1.165) is 30.2 Å². The number of piperidine rings is 1. The van der Waals surface area contributed by atoms with E-state index in [0.29, 0.717) is 12.1 Å². The maximum absolute atomic E-state index is 11.2. The van der Waals surface area contributed by atoms with E-state index in [-0.39, 0.29) is 5.92 Å². The van der Waals surface area contributed by atoms with Crippen molar-refractivity contribution in [3.63, 3.8) is 0 Å². The van der Waals surface area contributed by atoms with Gasteiger partial charge in [-0.1, -0.05) is 22.0 Å². The molecule has 2 aliphatic rings. The van der Waals surface area contributed by atoms with Crippen molar-refractivity contribution in [1.29, 1.82) is 0 Å². The highest BCUT2D eigenvalue weighted by atomic mass is 79.9. The largest absolute Gasteiger partial charge is 0.481 e. The number of carbonyl (C=O) groups is 1. The molecule has 2 heterocycles. The van der Waals surface area contributed by atoms with Gasteiger partial charge in [-0.3, -0.25) is 4.79 Å². The lowest BCUT2D eigenvalue weighted by molar-refractivity contribution is -0.142. The zero-order chi connectivity index (χ0) is 13.6. The van der Waals surface area contributed by atoms with Crippen LogP contribution >= 0.6 is 15.9 Å². The van der Waals surface area contributed by atoms with Crippen molar-refractivity contribution in [2.45, 2.75) is 44.7 Å². The van der Waals surface area contributed by atoms with Crippen LogP contribution in [0.3, 0.4) is 0 Å².